The molecular weight excluding hydrogens is 455 g/mol. The molecule has 1 aromatic carbocycles. The van der Waals surface area contributed by atoms with E-state index in [2.05, 4.69) is 14.8 Å². The van der Waals surface area contributed by atoms with E-state index >= 15 is 0 Å². The lowest BCUT2D eigenvalue weighted by atomic mass is 10.2. The first-order chi connectivity index (χ1) is 15.4. The molecule has 0 unspecified atom stereocenters. The molecule has 1 N–H and O–H groups in total. The molecule has 172 valence electrons. The van der Waals surface area contributed by atoms with Crippen molar-refractivity contribution in [1.82, 2.24) is 24.0 Å². The summed E-state index contributed by atoms with van der Waals surface area (Å²) in [5.41, 5.74) is 0.966. The van der Waals surface area contributed by atoms with Crippen LogP contribution in [0.3, 0.4) is 0 Å². The van der Waals surface area contributed by atoms with E-state index < -0.39 is 11.2 Å². The molecule has 2 aromatic heterocycles. The lowest BCUT2D eigenvalue weighted by Gasteiger charge is -2.35. The molecule has 4 rings (SSSR count). The predicted octanol–water partition coefficient (Wildman–Crippen LogP) is 2.09. The van der Waals surface area contributed by atoms with Crippen LogP contribution in [-0.4, -0.2) is 63.4 Å². The average Bonchev–Trinajstić information content (AvgIpc) is 3.16. The van der Waals surface area contributed by atoms with Crippen LogP contribution in [0.1, 0.15) is 12.5 Å². The number of nitrogens with zero attached hydrogens (tertiary/aromatic N) is 5. The van der Waals surface area contributed by atoms with E-state index in [-0.39, 0.29) is 0 Å². The van der Waals surface area contributed by atoms with Gasteiger partial charge in [-0.2, -0.15) is 4.98 Å². The maximum atomic E-state index is 12.6. The maximum Gasteiger partial charge on any atom is 0.329 e. The fourth-order valence-corrected chi connectivity index (χ4v) is 4.30. The molecule has 0 spiro atoms. The summed E-state index contributed by atoms with van der Waals surface area (Å²) in [5.74, 6) is 0.681. The van der Waals surface area contributed by atoms with Crippen molar-refractivity contribution in [1.29, 1.82) is 0 Å². The second kappa shape index (κ2) is 9.66. The Morgan fingerprint density at radius 2 is 1.88 bits per heavy atom. The molecule has 11 heteroatoms. The highest BCUT2D eigenvalue weighted by Crippen LogP contribution is 2.24. The smallest absolute Gasteiger partial charge is 0.329 e. The number of ether oxygens (including phenoxy) is 1. The Bertz CT molecular complexity index is 1230. The molecule has 0 atom stereocenters. The van der Waals surface area contributed by atoms with E-state index in [1.165, 1.54) is 4.57 Å². The van der Waals surface area contributed by atoms with Crippen LogP contribution in [0, 0.1) is 0 Å². The normalized spacial score (nSPS) is 15.1. The highest BCUT2D eigenvalue weighted by molar-refractivity contribution is 6.42. The highest BCUT2D eigenvalue weighted by atomic mass is 35.5. The topological polar surface area (TPSA) is 88.4 Å². The number of imidazole rings is 1. The van der Waals surface area contributed by atoms with Crippen LogP contribution in [0.5, 0.6) is 0 Å². The van der Waals surface area contributed by atoms with Crippen molar-refractivity contribution < 1.29 is 4.74 Å². The van der Waals surface area contributed by atoms with Crippen molar-refractivity contribution in [2.45, 2.75) is 20.0 Å². The van der Waals surface area contributed by atoms with Gasteiger partial charge in [-0.15, -0.1) is 0 Å². The minimum absolute atomic E-state index is 0.378. The summed E-state index contributed by atoms with van der Waals surface area (Å²) in [5, 5.41) is 1.11. The van der Waals surface area contributed by atoms with E-state index in [4.69, 9.17) is 32.9 Å². The average molecular weight is 481 g/mol. The van der Waals surface area contributed by atoms with Crippen LogP contribution in [-0.2, 0) is 24.9 Å². The molecule has 0 radical (unpaired) electrons. The third-order valence-electron chi connectivity index (χ3n) is 5.70. The van der Waals surface area contributed by atoms with Crippen molar-refractivity contribution in [3.8, 4) is 0 Å². The van der Waals surface area contributed by atoms with Crippen molar-refractivity contribution in [3.05, 3.63) is 54.6 Å². The Hall–Kier alpha value is -2.33. The van der Waals surface area contributed by atoms with Crippen LogP contribution in [0.2, 0.25) is 10.0 Å². The van der Waals surface area contributed by atoms with E-state index in [9.17, 15) is 9.59 Å². The van der Waals surface area contributed by atoms with Gasteiger partial charge in [0.2, 0.25) is 5.95 Å². The molecular formula is C21H26Cl2N6O3. The van der Waals surface area contributed by atoms with Gasteiger partial charge in [0.15, 0.2) is 11.2 Å². The van der Waals surface area contributed by atoms with Crippen LogP contribution < -0.4 is 16.1 Å². The molecule has 32 heavy (non-hydrogen) atoms. The van der Waals surface area contributed by atoms with Gasteiger partial charge in [0.25, 0.3) is 5.56 Å². The summed E-state index contributed by atoms with van der Waals surface area (Å²) in [7, 11) is 1.61. The van der Waals surface area contributed by atoms with Crippen LogP contribution in [0.4, 0.5) is 5.95 Å². The SMILES string of the molecule is CCOCCn1c(N2CCN(Cc3ccc(Cl)c(Cl)c3)CC2)nc2c1c(=O)[nH]c(=O)n2C. The van der Waals surface area contributed by atoms with Gasteiger partial charge in [-0.3, -0.25) is 19.2 Å². The van der Waals surface area contributed by atoms with E-state index in [0.717, 1.165) is 38.3 Å². The number of hydrogen-bond donors (Lipinski definition) is 1. The number of aromatic amines is 1. The van der Waals surface area contributed by atoms with Crippen molar-refractivity contribution in [2.75, 3.05) is 44.3 Å². The molecule has 0 aliphatic carbocycles. The van der Waals surface area contributed by atoms with Crippen molar-refractivity contribution in [3.63, 3.8) is 0 Å². The van der Waals surface area contributed by atoms with E-state index in [1.54, 1.807) is 7.05 Å². The fraction of sp³-hybridized carbons (Fsp3) is 0.476. The Kier molecular flexibility index (Phi) is 6.90. The number of anilines is 1. The lowest BCUT2D eigenvalue weighted by Crippen LogP contribution is -2.47. The first-order valence-electron chi connectivity index (χ1n) is 10.6. The number of H-pyrrole nitrogens is 1. The van der Waals surface area contributed by atoms with E-state index in [1.807, 2.05) is 29.7 Å². The predicted molar refractivity (Wildman–Crippen MR) is 126 cm³/mol. The van der Waals surface area contributed by atoms with Crippen molar-refractivity contribution in [2.24, 2.45) is 7.05 Å². The zero-order chi connectivity index (χ0) is 22.8. The largest absolute Gasteiger partial charge is 0.380 e. The fourth-order valence-electron chi connectivity index (χ4n) is 3.98. The standard InChI is InChI=1S/C21H26Cl2N6O3/c1-3-32-11-10-29-17-18(26(2)21(31)25-19(17)30)24-20(29)28-8-6-27(7-9-28)13-14-4-5-15(22)16(23)12-14/h4-5,12H,3,6-11,13H2,1-2H3,(H,25,30,31). The summed E-state index contributed by atoms with van der Waals surface area (Å²) >= 11 is 12.2. The first-order valence-corrected chi connectivity index (χ1v) is 11.3. The zero-order valence-corrected chi connectivity index (χ0v) is 19.6. The van der Waals surface area contributed by atoms with Crippen LogP contribution in [0.25, 0.3) is 11.2 Å². The highest BCUT2D eigenvalue weighted by Gasteiger charge is 2.25. The van der Waals surface area contributed by atoms with Gasteiger partial charge in [-0.05, 0) is 24.6 Å². The molecule has 1 saturated heterocycles. The number of hydrogen-bond acceptors (Lipinski definition) is 6. The van der Waals surface area contributed by atoms with Crippen LogP contribution in [0.15, 0.2) is 27.8 Å². The molecule has 0 saturated carbocycles. The summed E-state index contributed by atoms with van der Waals surface area (Å²) in [6, 6.07) is 5.70. The Balaban J connectivity index is 1.56. The number of fused-ring (bicyclic) bond motifs is 1. The van der Waals surface area contributed by atoms with Gasteiger partial charge in [-0.1, -0.05) is 29.3 Å². The van der Waals surface area contributed by atoms with Gasteiger partial charge in [0.05, 0.1) is 16.7 Å². The Morgan fingerprint density at radius 1 is 1.12 bits per heavy atom. The minimum atomic E-state index is -0.477. The molecule has 9 nitrogen and oxygen atoms in total. The summed E-state index contributed by atoms with van der Waals surface area (Å²) in [6.45, 7) is 7.35. The second-order valence-electron chi connectivity index (χ2n) is 7.76. The molecule has 1 aliphatic heterocycles. The van der Waals surface area contributed by atoms with Crippen LogP contribution >= 0.6 is 23.2 Å². The summed E-state index contributed by atoms with van der Waals surface area (Å²) in [6.07, 6.45) is 0. The first kappa shape index (κ1) is 22.8. The second-order valence-corrected chi connectivity index (χ2v) is 8.58. The number of aromatic nitrogens is 4. The van der Waals surface area contributed by atoms with Gasteiger partial charge in [-0.25, -0.2) is 4.79 Å². The van der Waals surface area contributed by atoms with E-state index in [0.29, 0.717) is 46.9 Å². The Morgan fingerprint density at radius 3 is 2.56 bits per heavy atom. The third kappa shape index (κ3) is 4.56. The third-order valence-corrected chi connectivity index (χ3v) is 6.43. The monoisotopic (exact) mass is 480 g/mol. The molecule has 0 bridgehead atoms. The van der Waals surface area contributed by atoms with Gasteiger partial charge >= 0.3 is 5.69 Å². The van der Waals surface area contributed by atoms with Crippen molar-refractivity contribution >= 4 is 40.3 Å². The zero-order valence-electron chi connectivity index (χ0n) is 18.1. The number of piperazine rings is 1. The number of halogens is 2. The number of nitrogens with one attached hydrogen (secondary N) is 1. The van der Waals surface area contributed by atoms with Gasteiger partial charge < -0.3 is 14.2 Å². The quantitative estimate of drug-likeness (QED) is 0.520. The Labute approximate surface area is 195 Å². The van der Waals surface area contributed by atoms with Gasteiger partial charge in [0, 0.05) is 52.9 Å². The lowest BCUT2D eigenvalue weighted by molar-refractivity contribution is 0.140. The number of rotatable bonds is 7. The number of aryl methyl sites for hydroxylation is 1. The molecule has 1 fully saturated rings. The summed E-state index contributed by atoms with van der Waals surface area (Å²) < 4.78 is 8.75. The maximum absolute atomic E-state index is 12.6. The molecule has 0 amide bonds. The molecule has 3 aromatic rings. The number of benzene rings is 1. The summed E-state index contributed by atoms with van der Waals surface area (Å²) in [4.78, 5) is 36.2. The van der Waals surface area contributed by atoms with Gasteiger partial charge in [0.1, 0.15) is 0 Å². The minimum Gasteiger partial charge on any atom is -0.380 e. The molecule has 1 aliphatic rings. The molecule has 3 heterocycles.